The third-order valence-corrected chi connectivity index (χ3v) is 4.77. The van der Waals surface area contributed by atoms with E-state index in [4.69, 9.17) is 14.2 Å². The molecule has 2 aromatic carbocycles. The molecule has 0 saturated heterocycles. The molecule has 1 aromatic heterocycles. The first-order valence-electron chi connectivity index (χ1n) is 9.29. The molecule has 158 valence electrons. The van der Waals surface area contributed by atoms with Gasteiger partial charge in [0, 0.05) is 30.6 Å². The highest BCUT2D eigenvalue weighted by atomic mass is 19.1. The van der Waals surface area contributed by atoms with Crippen LogP contribution >= 0.6 is 0 Å². The van der Waals surface area contributed by atoms with Crippen LogP contribution in [0.3, 0.4) is 0 Å². The smallest absolute Gasteiger partial charge is 0.225 e. The number of benzene rings is 2. The molecule has 0 fully saturated rings. The third-order valence-electron chi connectivity index (χ3n) is 4.77. The minimum Gasteiger partial charge on any atom is -0.493 e. The number of aromatic nitrogens is 2. The average molecular weight is 413 g/mol. The molecule has 0 aliphatic carbocycles. The molecule has 0 aliphatic rings. The van der Waals surface area contributed by atoms with E-state index in [2.05, 4.69) is 10.3 Å². The van der Waals surface area contributed by atoms with E-state index in [1.54, 1.807) is 54.3 Å². The van der Waals surface area contributed by atoms with Crippen LogP contribution < -0.4 is 19.5 Å². The number of rotatable bonds is 8. The van der Waals surface area contributed by atoms with Crippen LogP contribution in [0.25, 0.3) is 0 Å². The highest BCUT2D eigenvalue weighted by Gasteiger charge is 2.25. The molecule has 0 bridgehead atoms. The Kier molecular flexibility index (Phi) is 6.56. The fourth-order valence-electron chi connectivity index (χ4n) is 3.33. The number of imidazole rings is 1. The van der Waals surface area contributed by atoms with Crippen LogP contribution in [0.1, 0.15) is 23.0 Å². The van der Waals surface area contributed by atoms with Crippen LogP contribution in [0.5, 0.6) is 17.2 Å². The van der Waals surface area contributed by atoms with E-state index in [-0.39, 0.29) is 12.3 Å². The lowest BCUT2D eigenvalue weighted by atomic mass is 10.0. The topological polar surface area (TPSA) is 74.6 Å². The molecule has 8 heteroatoms. The minimum atomic E-state index is -0.746. The Hall–Kier alpha value is -3.55. The number of amides is 1. The highest BCUT2D eigenvalue weighted by Crippen LogP contribution is 2.40. The Morgan fingerprint density at radius 3 is 2.43 bits per heavy atom. The highest BCUT2D eigenvalue weighted by molar-refractivity contribution is 5.81. The lowest BCUT2D eigenvalue weighted by Crippen LogP contribution is -2.32. The van der Waals surface area contributed by atoms with Crippen LogP contribution in [0.2, 0.25) is 0 Å². The molecule has 3 aromatic rings. The number of ether oxygens (including phenoxy) is 3. The van der Waals surface area contributed by atoms with Gasteiger partial charge < -0.3 is 24.1 Å². The molecule has 30 heavy (non-hydrogen) atoms. The van der Waals surface area contributed by atoms with Gasteiger partial charge in [-0.15, -0.1) is 0 Å². The van der Waals surface area contributed by atoms with Crippen molar-refractivity contribution in [2.45, 2.75) is 12.5 Å². The summed E-state index contributed by atoms with van der Waals surface area (Å²) in [5, 5.41) is 2.89. The Labute approximate surface area is 174 Å². The Morgan fingerprint density at radius 2 is 1.83 bits per heavy atom. The van der Waals surface area contributed by atoms with Crippen molar-refractivity contribution in [2.24, 2.45) is 7.05 Å². The summed E-state index contributed by atoms with van der Waals surface area (Å²) in [6.45, 7) is 0. The van der Waals surface area contributed by atoms with Gasteiger partial charge in [-0.3, -0.25) is 4.79 Å². The summed E-state index contributed by atoms with van der Waals surface area (Å²) in [5.41, 5.74) is 0.944. The zero-order valence-corrected chi connectivity index (χ0v) is 17.3. The van der Waals surface area contributed by atoms with Crippen molar-refractivity contribution >= 4 is 5.91 Å². The number of carbonyl (C=O) groups excluding carboxylic acids is 1. The number of nitrogens with zero attached hydrogens (tertiary/aromatic N) is 2. The van der Waals surface area contributed by atoms with Gasteiger partial charge in [0.15, 0.2) is 11.5 Å². The molecule has 1 unspecified atom stereocenters. The standard InChI is InChI=1S/C22H24FN3O4/c1-26-12-11-24-22(26)19(15-7-5-6-8-16(15)23)25-18(27)13-14-9-10-17(28-2)21(30-4)20(14)29-3/h5-12,19H,13H2,1-4H3,(H,25,27). The molecule has 0 saturated carbocycles. The summed E-state index contributed by atoms with van der Waals surface area (Å²) < 4.78 is 32.4. The van der Waals surface area contributed by atoms with E-state index in [0.717, 1.165) is 0 Å². The van der Waals surface area contributed by atoms with Gasteiger partial charge >= 0.3 is 0 Å². The molecule has 1 atom stereocenters. The SMILES string of the molecule is COc1ccc(CC(=O)NC(c2ccccc2F)c2nccn2C)c(OC)c1OC. The number of hydrogen-bond donors (Lipinski definition) is 1. The van der Waals surface area contributed by atoms with Crippen LogP contribution in [0.4, 0.5) is 4.39 Å². The number of carbonyl (C=O) groups is 1. The molecule has 1 N–H and O–H groups in total. The van der Waals surface area contributed by atoms with E-state index in [1.165, 1.54) is 27.4 Å². The van der Waals surface area contributed by atoms with Crippen LogP contribution in [0, 0.1) is 5.82 Å². The van der Waals surface area contributed by atoms with E-state index in [9.17, 15) is 9.18 Å². The van der Waals surface area contributed by atoms with Gasteiger partial charge in [0.2, 0.25) is 11.7 Å². The van der Waals surface area contributed by atoms with E-state index < -0.39 is 11.9 Å². The quantitative estimate of drug-likeness (QED) is 0.615. The molecule has 0 aliphatic heterocycles. The largest absolute Gasteiger partial charge is 0.493 e. The first kappa shape index (κ1) is 21.2. The molecule has 3 rings (SSSR count). The minimum absolute atomic E-state index is 0.00109. The van der Waals surface area contributed by atoms with Gasteiger partial charge in [-0.25, -0.2) is 9.37 Å². The van der Waals surface area contributed by atoms with Crippen molar-refractivity contribution in [1.82, 2.24) is 14.9 Å². The second-order valence-corrected chi connectivity index (χ2v) is 6.59. The first-order chi connectivity index (χ1) is 14.5. The summed E-state index contributed by atoms with van der Waals surface area (Å²) in [5.74, 6) is 1.08. The monoisotopic (exact) mass is 413 g/mol. The van der Waals surface area contributed by atoms with E-state index in [1.807, 2.05) is 0 Å². The first-order valence-corrected chi connectivity index (χ1v) is 9.29. The van der Waals surface area contributed by atoms with Crippen molar-refractivity contribution in [3.63, 3.8) is 0 Å². The lowest BCUT2D eigenvalue weighted by molar-refractivity contribution is -0.121. The summed E-state index contributed by atoms with van der Waals surface area (Å²) >= 11 is 0. The Balaban J connectivity index is 1.91. The average Bonchev–Trinajstić information content (AvgIpc) is 3.17. The number of hydrogen-bond acceptors (Lipinski definition) is 5. The van der Waals surface area contributed by atoms with Gasteiger partial charge in [-0.1, -0.05) is 24.3 Å². The van der Waals surface area contributed by atoms with Gasteiger partial charge in [-0.2, -0.15) is 0 Å². The van der Waals surface area contributed by atoms with Crippen LogP contribution in [-0.4, -0.2) is 36.8 Å². The second kappa shape index (κ2) is 9.30. The molecule has 1 heterocycles. The predicted octanol–water partition coefficient (Wildman–Crippen LogP) is 3.03. The fourth-order valence-corrected chi connectivity index (χ4v) is 3.33. The Morgan fingerprint density at radius 1 is 1.10 bits per heavy atom. The van der Waals surface area contributed by atoms with Crippen LogP contribution in [-0.2, 0) is 18.3 Å². The van der Waals surface area contributed by atoms with Crippen molar-refractivity contribution in [2.75, 3.05) is 21.3 Å². The maximum atomic E-state index is 14.5. The maximum Gasteiger partial charge on any atom is 0.225 e. The Bertz CT molecular complexity index is 1030. The number of methoxy groups -OCH3 is 3. The lowest BCUT2D eigenvalue weighted by Gasteiger charge is -2.20. The van der Waals surface area contributed by atoms with E-state index in [0.29, 0.717) is 34.2 Å². The maximum absolute atomic E-state index is 14.5. The summed E-state index contributed by atoms with van der Waals surface area (Å²) in [6.07, 6.45) is 3.35. The normalized spacial score (nSPS) is 11.6. The second-order valence-electron chi connectivity index (χ2n) is 6.59. The molecule has 0 radical (unpaired) electrons. The summed E-state index contributed by atoms with van der Waals surface area (Å²) in [4.78, 5) is 17.2. The van der Waals surface area contributed by atoms with Gasteiger partial charge in [0.05, 0.1) is 27.8 Å². The van der Waals surface area contributed by atoms with Crippen molar-refractivity contribution in [3.8, 4) is 17.2 Å². The number of halogens is 1. The summed E-state index contributed by atoms with van der Waals surface area (Å²) in [6, 6.07) is 9.00. The van der Waals surface area contributed by atoms with Crippen molar-refractivity contribution in [1.29, 1.82) is 0 Å². The zero-order chi connectivity index (χ0) is 21.7. The van der Waals surface area contributed by atoms with E-state index >= 15 is 0 Å². The summed E-state index contributed by atoms with van der Waals surface area (Å²) in [7, 11) is 6.31. The molecule has 0 spiro atoms. The molecule has 7 nitrogen and oxygen atoms in total. The third kappa shape index (κ3) is 4.22. The van der Waals surface area contributed by atoms with Gasteiger partial charge in [0.25, 0.3) is 0 Å². The van der Waals surface area contributed by atoms with Crippen molar-refractivity contribution in [3.05, 3.63) is 71.6 Å². The number of aryl methyl sites for hydroxylation is 1. The molecular formula is C22H24FN3O4. The fraction of sp³-hybridized carbons (Fsp3) is 0.273. The van der Waals surface area contributed by atoms with Gasteiger partial charge in [-0.05, 0) is 12.1 Å². The van der Waals surface area contributed by atoms with Gasteiger partial charge in [0.1, 0.15) is 17.7 Å². The zero-order valence-electron chi connectivity index (χ0n) is 17.3. The number of nitrogens with one attached hydrogen (secondary N) is 1. The predicted molar refractivity (Wildman–Crippen MR) is 109 cm³/mol. The van der Waals surface area contributed by atoms with Crippen LogP contribution in [0.15, 0.2) is 48.8 Å². The molecule has 1 amide bonds. The molecular weight excluding hydrogens is 389 g/mol. The van der Waals surface area contributed by atoms with Crippen molar-refractivity contribution < 1.29 is 23.4 Å².